The first-order valence-corrected chi connectivity index (χ1v) is 5.53. The summed E-state index contributed by atoms with van der Waals surface area (Å²) in [5.74, 6) is -0.379. The molecule has 6 heteroatoms. The molecule has 0 atom stereocenters. The number of ether oxygens (including phenoxy) is 1. The highest BCUT2D eigenvalue weighted by molar-refractivity contribution is 5.76. The van der Waals surface area contributed by atoms with Gasteiger partial charge in [-0.2, -0.15) is 0 Å². The van der Waals surface area contributed by atoms with E-state index >= 15 is 0 Å². The van der Waals surface area contributed by atoms with E-state index < -0.39 is 4.92 Å². The molecule has 1 aromatic rings. The molecule has 0 radical (unpaired) electrons. The number of esters is 1. The van der Waals surface area contributed by atoms with E-state index in [1.54, 1.807) is 17.0 Å². The maximum Gasteiger partial charge on any atom is 0.325 e. The lowest BCUT2D eigenvalue weighted by Crippen LogP contribution is -2.36. The molecule has 0 aliphatic heterocycles. The van der Waals surface area contributed by atoms with E-state index in [2.05, 4.69) is 4.74 Å². The number of nitrogens with zero attached hydrogens (tertiary/aromatic N) is 2. The zero-order valence-electron chi connectivity index (χ0n) is 10.6. The molecule has 0 fully saturated rings. The summed E-state index contributed by atoms with van der Waals surface area (Å²) in [7, 11) is 1.31. The van der Waals surface area contributed by atoms with Crippen molar-refractivity contribution in [2.75, 3.05) is 18.6 Å². The molecule has 0 heterocycles. The number of carbonyl (C=O) groups is 1. The number of methoxy groups -OCH3 is 1. The van der Waals surface area contributed by atoms with Crippen LogP contribution in [0, 0.1) is 10.1 Å². The fourth-order valence-corrected chi connectivity index (χ4v) is 1.56. The highest BCUT2D eigenvalue weighted by Crippen LogP contribution is 2.22. The van der Waals surface area contributed by atoms with E-state index in [4.69, 9.17) is 0 Å². The Bertz CT molecular complexity index is 445. The van der Waals surface area contributed by atoms with E-state index in [1.165, 1.54) is 19.2 Å². The number of nitro groups is 1. The molecule has 0 amide bonds. The van der Waals surface area contributed by atoms with Gasteiger partial charge >= 0.3 is 5.97 Å². The number of carbonyl (C=O) groups excluding carboxylic acids is 1. The van der Waals surface area contributed by atoms with Crippen LogP contribution in [0.15, 0.2) is 24.3 Å². The third-order valence-corrected chi connectivity index (χ3v) is 2.52. The molecule has 0 bridgehead atoms. The van der Waals surface area contributed by atoms with Crippen LogP contribution in [0.4, 0.5) is 11.4 Å². The molecule has 0 spiro atoms. The summed E-state index contributed by atoms with van der Waals surface area (Å²) in [6.45, 7) is 3.87. The summed E-state index contributed by atoms with van der Waals surface area (Å²) in [6.07, 6.45) is 0. The van der Waals surface area contributed by atoms with Crippen LogP contribution < -0.4 is 4.90 Å². The lowest BCUT2D eigenvalue weighted by Gasteiger charge is -2.27. The first-order chi connectivity index (χ1) is 8.45. The smallest absolute Gasteiger partial charge is 0.325 e. The molecule has 0 aliphatic carbocycles. The molecule has 0 aromatic heterocycles. The molecule has 0 saturated carbocycles. The summed E-state index contributed by atoms with van der Waals surface area (Å²) in [4.78, 5) is 23.3. The Morgan fingerprint density at radius 2 is 2.17 bits per heavy atom. The largest absolute Gasteiger partial charge is 0.468 e. The summed E-state index contributed by atoms with van der Waals surface area (Å²) in [6, 6.07) is 6.23. The molecule has 1 aromatic carbocycles. The number of non-ortho nitro benzene ring substituents is 1. The zero-order valence-corrected chi connectivity index (χ0v) is 10.6. The topological polar surface area (TPSA) is 72.7 Å². The Morgan fingerprint density at radius 1 is 1.50 bits per heavy atom. The van der Waals surface area contributed by atoms with Crippen LogP contribution >= 0.6 is 0 Å². The van der Waals surface area contributed by atoms with Crippen molar-refractivity contribution in [3.05, 3.63) is 34.4 Å². The molecule has 6 nitrogen and oxygen atoms in total. The monoisotopic (exact) mass is 252 g/mol. The highest BCUT2D eigenvalue weighted by Gasteiger charge is 2.17. The molecule has 0 aliphatic rings. The minimum atomic E-state index is -0.458. The predicted molar refractivity (Wildman–Crippen MR) is 67.6 cm³/mol. The number of nitro benzene ring substituents is 1. The highest BCUT2D eigenvalue weighted by atomic mass is 16.6. The van der Waals surface area contributed by atoms with Gasteiger partial charge in [0.05, 0.1) is 12.0 Å². The second-order valence-electron chi connectivity index (χ2n) is 4.07. The lowest BCUT2D eigenvalue weighted by molar-refractivity contribution is -0.384. The van der Waals surface area contributed by atoms with Crippen molar-refractivity contribution < 1.29 is 14.5 Å². The predicted octanol–water partition coefficient (Wildman–Crippen LogP) is 1.98. The van der Waals surface area contributed by atoms with Gasteiger partial charge in [-0.3, -0.25) is 14.9 Å². The Balaban J connectivity index is 3.02. The van der Waals surface area contributed by atoms with Gasteiger partial charge in [0.15, 0.2) is 0 Å². The summed E-state index contributed by atoms with van der Waals surface area (Å²) < 4.78 is 4.62. The average molecular weight is 252 g/mol. The first-order valence-electron chi connectivity index (χ1n) is 5.53. The van der Waals surface area contributed by atoms with Crippen LogP contribution in [0.2, 0.25) is 0 Å². The molecule has 18 heavy (non-hydrogen) atoms. The first kappa shape index (κ1) is 14.0. The Morgan fingerprint density at radius 3 is 2.67 bits per heavy atom. The van der Waals surface area contributed by atoms with Crippen molar-refractivity contribution in [1.29, 1.82) is 0 Å². The van der Waals surface area contributed by atoms with E-state index in [9.17, 15) is 14.9 Å². The molecule has 1 rings (SSSR count). The van der Waals surface area contributed by atoms with E-state index in [0.29, 0.717) is 5.69 Å². The van der Waals surface area contributed by atoms with Crippen LogP contribution in [0.3, 0.4) is 0 Å². The van der Waals surface area contributed by atoms with E-state index in [0.717, 1.165) is 0 Å². The van der Waals surface area contributed by atoms with Gasteiger partial charge in [0.25, 0.3) is 5.69 Å². The van der Waals surface area contributed by atoms with Crippen molar-refractivity contribution in [3.63, 3.8) is 0 Å². The minimum Gasteiger partial charge on any atom is -0.468 e. The molecule has 0 N–H and O–H groups in total. The quantitative estimate of drug-likeness (QED) is 0.455. The summed E-state index contributed by atoms with van der Waals surface area (Å²) in [5.41, 5.74) is 0.632. The van der Waals surface area contributed by atoms with Crippen molar-refractivity contribution in [1.82, 2.24) is 0 Å². The summed E-state index contributed by atoms with van der Waals surface area (Å²) in [5, 5.41) is 10.7. The van der Waals surface area contributed by atoms with Gasteiger partial charge in [0.1, 0.15) is 6.54 Å². The average Bonchev–Trinajstić information content (AvgIpc) is 2.35. The zero-order chi connectivity index (χ0) is 13.7. The number of rotatable bonds is 5. The van der Waals surface area contributed by atoms with Crippen LogP contribution in [-0.4, -0.2) is 30.6 Å². The Kier molecular flexibility index (Phi) is 4.65. The van der Waals surface area contributed by atoms with Gasteiger partial charge in [-0.1, -0.05) is 6.07 Å². The fraction of sp³-hybridized carbons (Fsp3) is 0.417. The van der Waals surface area contributed by atoms with Gasteiger partial charge < -0.3 is 9.64 Å². The fourth-order valence-electron chi connectivity index (χ4n) is 1.56. The van der Waals surface area contributed by atoms with Crippen molar-refractivity contribution in [2.24, 2.45) is 0 Å². The summed E-state index contributed by atoms with van der Waals surface area (Å²) >= 11 is 0. The van der Waals surface area contributed by atoms with Gasteiger partial charge in [-0.05, 0) is 19.9 Å². The van der Waals surface area contributed by atoms with Crippen molar-refractivity contribution in [2.45, 2.75) is 19.9 Å². The van der Waals surface area contributed by atoms with Gasteiger partial charge in [0, 0.05) is 23.9 Å². The number of hydrogen-bond acceptors (Lipinski definition) is 5. The molecular weight excluding hydrogens is 236 g/mol. The number of benzene rings is 1. The Labute approximate surface area is 105 Å². The van der Waals surface area contributed by atoms with Crippen LogP contribution in [0.5, 0.6) is 0 Å². The third kappa shape index (κ3) is 3.44. The maximum atomic E-state index is 11.3. The lowest BCUT2D eigenvalue weighted by atomic mass is 10.2. The van der Waals surface area contributed by atoms with Crippen LogP contribution in [0.25, 0.3) is 0 Å². The second-order valence-corrected chi connectivity index (χ2v) is 4.07. The normalized spacial score (nSPS) is 10.2. The molecule has 98 valence electrons. The standard InChI is InChI=1S/C12H16N2O4/c1-9(2)13(8-12(15)18-3)10-5-4-6-11(7-10)14(16)17/h4-7,9H,8H2,1-3H3. The molecular formula is C12H16N2O4. The number of anilines is 1. The van der Waals surface area contributed by atoms with Gasteiger partial charge in [-0.25, -0.2) is 0 Å². The van der Waals surface area contributed by atoms with E-state index in [1.807, 2.05) is 13.8 Å². The van der Waals surface area contributed by atoms with Crippen molar-refractivity contribution in [3.8, 4) is 0 Å². The minimum absolute atomic E-state index is 0.00279. The second kappa shape index (κ2) is 6.00. The maximum absolute atomic E-state index is 11.3. The van der Waals surface area contributed by atoms with Crippen molar-refractivity contribution >= 4 is 17.3 Å². The van der Waals surface area contributed by atoms with Crippen LogP contribution in [0.1, 0.15) is 13.8 Å². The SMILES string of the molecule is COC(=O)CN(c1cccc([N+](=O)[O-])c1)C(C)C. The van der Waals surface area contributed by atoms with Gasteiger partial charge in [-0.15, -0.1) is 0 Å². The Hall–Kier alpha value is -2.11. The number of hydrogen-bond donors (Lipinski definition) is 0. The van der Waals surface area contributed by atoms with Crippen LogP contribution in [-0.2, 0) is 9.53 Å². The third-order valence-electron chi connectivity index (χ3n) is 2.52. The van der Waals surface area contributed by atoms with Gasteiger partial charge in [0.2, 0.25) is 0 Å². The van der Waals surface area contributed by atoms with E-state index in [-0.39, 0.29) is 24.2 Å². The molecule has 0 saturated heterocycles. The molecule has 0 unspecified atom stereocenters.